The van der Waals surface area contributed by atoms with E-state index in [1.807, 2.05) is 54.6 Å². The van der Waals surface area contributed by atoms with Gasteiger partial charge in [-0.05, 0) is 30.5 Å². The molecule has 0 radical (unpaired) electrons. The molecule has 1 N–H and O–H groups in total. The average Bonchev–Trinajstić information content (AvgIpc) is 3.17. The van der Waals surface area contributed by atoms with E-state index in [2.05, 4.69) is 15.6 Å². The summed E-state index contributed by atoms with van der Waals surface area (Å²) in [7, 11) is 0. The minimum Gasteiger partial charge on any atom is -0.352 e. The van der Waals surface area contributed by atoms with E-state index in [0.29, 0.717) is 6.54 Å². The molecule has 156 valence electrons. The van der Waals surface area contributed by atoms with E-state index in [-0.39, 0.29) is 30.9 Å². The van der Waals surface area contributed by atoms with Crippen molar-refractivity contribution in [3.63, 3.8) is 0 Å². The van der Waals surface area contributed by atoms with Crippen molar-refractivity contribution in [1.29, 1.82) is 0 Å². The van der Waals surface area contributed by atoms with Gasteiger partial charge in [0.15, 0.2) is 0 Å². The van der Waals surface area contributed by atoms with E-state index in [4.69, 9.17) is 0 Å². The molecule has 30 heavy (non-hydrogen) atoms. The number of aromatic nitrogens is 3. The first-order valence-electron chi connectivity index (χ1n) is 10.6. The van der Waals surface area contributed by atoms with Gasteiger partial charge in [0.1, 0.15) is 12.1 Å². The summed E-state index contributed by atoms with van der Waals surface area (Å²) < 4.78 is 1.59. The van der Waals surface area contributed by atoms with Gasteiger partial charge in [0, 0.05) is 12.6 Å². The second-order valence-corrected chi connectivity index (χ2v) is 7.87. The molecule has 1 aromatic heterocycles. The van der Waals surface area contributed by atoms with E-state index in [1.165, 1.54) is 6.42 Å². The van der Waals surface area contributed by atoms with Crippen molar-refractivity contribution < 1.29 is 9.59 Å². The topological polar surface area (TPSA) is 80.1 Å². The van der Waals surface area contributed by atoms with E-state index >= 15 is 0 Å². The molecule has 1 fully saturated rings. The van der Waals surface area contributed by atoms with Gasteiger partial charge in [0.05, 0.1) is 12.1 Å². The number of rotatable bonds is 7. The molecule has 1 aliphatic rings. The Morgan fingerprint density at radius 1 is 1.00 bits per heavy atom. The summed E-state index contributed by atoms with van der Waals surface area (Å²) >= 11 is 0. The zero-order valence-corrected chi connectivity index (χ0v) is 17.0. The molecule has 0 bridgehead atoms. The Balaban J connectivity index is 1.47. The monoisotopic (exact) mass is 405 g/mol. The number of carbonyl (C=O) groups excluding carboxylic acids is 2. The summed E-state index contributed by atoms with van der Waals surface area (Å²) in [4.78, 5) is 27.4. The summed E-state index contributed by atoms with van der Waals surface area (Å²) in [5.74, 6) is -0.261. The molecular formula is C23H27N5O2. The molecule has 7 heteroatoms. The number of hydrogen-bond donors (Lipinski definition) is 1. The number of fused-ring (bicyclic) bond motifs is 1. The van der Waals surface area contributed by atoms with Crippen molar-refractivity contribution in [3.05, 3.63) is 60.2 Å². The van der Waals surface area contributed by atoms with Crippen LogP contribution in [0.2, 0.25) is 0 Å². The molecular weight excluding hydrogens is 378 g/mol. The third-order valence-electron chi connectivity index (χ3n) is 5.58. The normalized spacial score (nSPS) is 14.5. The SMILES string of the molecule is O=C(CN(Cc1ccccc1)C(=O)Cn1nnc2ccccc21)NC1CCCCC1. The third-order valence-corrected chi connectivity index (χ3v) is 5.58. The fourth-order valence-corrected chi connectivity index (χ4v) is 3.99. The summed E-state index contributed by atoms with van der Waals surface area (Å²) in [6.07, 6.45) is 5.57. The molecule has 0 unspecified atom stereocenters. The molecule has 1 aliphatic carbocycles. The van der Waals surface area contributed by atoms with E-state index in [1.54, 1.807) is 9.58 Å². The minimum atomic E-state index is -0.159. The average molecular weight is 406 g/mol. The molecule has 0 atom stereocenters. The summed E-state index contributed by atoms with van der Waals surface area (Å²) in [6.45, 7) is 0.464. The molecule has 0 aliphatic heterocycles. The zero-order valence-electron chi connectivity index (χ0n) is 17.0. The van der Waals surface area contributed by atoms with E-state index in [9.17, 15) is 9.59 Å². The van der Waals surface area contributed by atoms with Crippen molar-refractivity contribution in [2.45, 2.75) is 51.2 Å². The van der Waals surface area contributed by atoms with Gasteiger partial charge in [0.25, 0.3) is 0 Å². The number of para-hydroxylation sites is 1. The molecule has 3 aromatic rings. The van der Waals surface area contributed by atoms with Crippen LogP contribution in [0.25, 0.3) is 11.0 Å². The largest absolute Gasteiger partial charge is 0.352 e. The van der Waals surface area contributed by atoms with E-state index < -0.39 is 0 Å². The highest BCUT2D eigenvalue weighted by Gasteiger charge is 2.22. The second-order valence-electron chi connectivity index (χ2n) is 7.87. The van der Waals surface area contributed by atoms with Crippen LogP contribution in [-0.2, 0) is 22.7 Å². The van der Waals surface area contributed by atoms with Crippen LogP contribution in [0.4, 0.5) is 0 Å². The van der Waals surface area contributed by atoms with Crippen LogP contribution < -0.4 is 5.32 Å². The van der Waals surface area contributed by atoms with Gasteiger partial charge in [-0.25, -0.2) is 4.68 Å². The van der Waals surface area contributed by atoms with Crippen LogP contribution in [0.3, 0.4) is 0 Å². The lowest BCUT2D eigenvalue weighted by molar-refractivity contribution is -0.137. The Morgan fingerprint density at radius 3 is 2.53 bits per heavy atom. The van der Waals surface area contributed by atoms with Crippen LogP contribution in [0.1, 0.15) is 37.7 Å². The summed E-state index contributed by atoms with van der Waals surface area (Å²) in [5, 5.41) is 11.3. The fraction of sp³-hybridized carbons (Fsp3) is 0.391. The smallest absolute Gasteiger partial charge is 0.245 e. The zero-order chi connectivity index (χ0) is 20.8. The molecule has 2 aromatic carbocycles. The van der Waals surface area contributed by atoms with Gasteiger partial charge in [-0.3, -0.25) is 9.59 Å². The van der Waals surface area contributed by atoms with Gasteiger partial charge in [-0.15, -0.1) is 5.10 Å². The maximum atomic E-state index is 13.1. The predicted octanol–water partition coefficient (Wildman–Crippen LogP) is 2.91. The minimum absolute atomic E-state index is 0.0385. The summed E-state index contributed by atoms with van der Waals surface area (Å²) in [6, 6.07) is 17.5. The molecule has 1 saturated carbocycles. The van der Waals surface area contributed by atoms with Gasteiger partial charge < -0.3 is 10.2 Å². The molecule has 0 saturated heterocycles. The number of carbonyl (C=O) groups is 2. The van der Waals surface area contributed by atoms with Crippen molar-refractivity contribution in [2.75, 3.05) is 6.54 Å². The van der Waals surface area contributed by atoms with Crippen molar-refractivity contribution in [1.82, 2.24) is 25.2 Å². The van der Waals surface area contributed by atoms with Gasteiger partial charge in [-0.2, -0.15) is 0 Å². The van der Waals surface area contributed by atoms with Crippen LogP contribution in [0.5, 0.6) is 0 Å². The highest BCUT2D eigenvalue weighted by atomic mass is 16.2. The standard InChI is InChI=1S/C23H27N5O2/c29-22(24-19-11-5-2-6-12-19)16-27(15-18-9-3-1-4-10-18)23(30)17-28-21-14-8-7-13-20(21)25-26-28/h1,3-4,7-10,13-14,19H,2,5-6,11-12,15-17H2,(H,24,29). The Bertz CT molecular complexity index is 995. The lowest BCUT2D eigenvalue weighted by Gasteiger charge is -2.26. The van der Waals surface area contributed by atoms with Crippen LogP contribution >= 0.6 is 0 Å². The first kappa shape index (κ1) is 20.1. The quantitative estimate of drug-likeness (QED) is 0.655. The number of benzene rings is 2. The maximum Gasteiger partial charge on any atom is 0.245 e. The van der Waals surface area contributed by atoms with E-state index in [0.717, 1.165) is 42.3 Å². The number of hydrogen-bond acceptors (Lipinski definition) is 4. The fourth-order valence-electron chi connectivity index (χ4n) is 3.99. The summed E-state index contributed by atoms with van der Waals surface area (Å²) in [5.41, 5.74) is 2.53. The lowest BCUT2D eigenvalue weighted by atomic mass is 9.95. The van der Waals surface area contributed by atoms with Crippen LogP contribution in [0, 0.1) is 0 Å². The van der Waals surface area contributed by atoms with Gasteiger partial charge in [-0.1, -0.05) is 66.9 Å². The van der Waals surface area contributed by atoms with Crippen LogP contribution in [0.15, 0.2) is 54.6 Å². The van der Waals surface area contributed by atoms with Gasteiger partial charge >= 0.3 is 0 Å². The lowest BCUT2D eigenvalue weighted by Crippen LogP contribution is -2.45. The Labute approximate surface area is 176 Å². The first-order valence-corrected chi connectivity index (χ1v) is 10.6. The molecule has 0 spiro atoms. The second kappa shape index (κ2) is 9.52. The Kier molecular flexibility index (Phi) is 6.37. The first-order chi connectivity index (χ1) is 14.7. The maximum absolute atomic E-state index is 13.1. The predicted molar refractivity (Wildman–Crippen MR) is 114 cm³/mol. The number of nitrogens with zero attached hydrogens (tertiary/aromatic N) is 4. The molecule has 4 rings (SSSR count). The Morgan fingerprint density at radius 2 is 1.73 bits per heavy atom. The van der Waals surface area contributed by atoms with Crippen molar-refractivity contribution in [2.24, 2.45) is 0 Å². The number of nitrogens with one attached hydrogen (secondary N) is 1. The molecule has 1 heterocycles. The van der Waals surface area contributed by atoms with Crippen molar-refractivity contribution >= 4 is 22.8 Å². The van der Waals surface area contributed by atoms with Gasteiger partial charge in [0.2, 0.25) is 11.8 Å². The van der Waals surface area contributed by atoms with Crippen molar-refractivity contribution in [3.8, 4) is 0 Å². The molecule has 7 nitrogen and oxygen atoms in total. The van der Waals surface area contributed by atoms with Crippen LogP contribution in [-0.4, -0.2) is 44.3 Å². The Hall–Kier alpha value is -3.22. The highest BCUT2D eigenvalue weighted by Crippen LogP contribution is 2.17. The third kappa shape index (κ3) is 5.03. The molecule has 2 amide bonds. The highest BCUT2D eigenvalue weighted by molar-refractivity contribution is 5.85. The number of amides is 2.